The van der Waals surface area contributed by atoms with Gasteiger partial charge in [-0.05, 0) is 59.0 Å². The number of ether oxygens (including phenoxy) is 2. The Kier molecular flexibility index (Phi) is 10.7. The number of rotatable bonds is 10. The van der Waals surface area contributed by atoms with Crippen molar-refractivity contribution in [2.45, 2.75) is 66.4 Å². The lowest BCUT2D eigenvalue weighted by Crippen LogP contribution is -2.40. The molecule has 3 atom stereocenters. The first-order valence-corrected chi connectivity index (χ1v) is 10.4. The minimum absolute atomic E-state index is 0.106. The second kappa shape index (κ2) is 12.5. The van der Waals surface area contributed by atoms with Crippen LogP contribution in [0.3, 0.4) is 0 Å². The summed E-state index contributed by atoms with van der Waals surface area (Å²) in [6, 6.07) is 0. The summed E-state index contributed by atoms with van der Waals surface area (Å²) in [4.78, 5) is 12.5. The van der Waals surface area contributed by atoms with E-state index in [1.54, 1.807) is 0 Å². The fraction of sp³-hybridized carbons (Fsp3) is 0.560. The lowest BCUT2D eigenvalue weighted by Gasteiger charge is -2.33. The standard InChI is InChI=1S/C25H38O4/c1-8-11-20(9-2)16-18(4)13-10-12-17(3)14-15-21-19(5)22(26)24(28-6)25(29-7)23(21)27/h8-9,11,13-14,19,21,23,27H,10,12,15-16H2,1-7H3/b11-8-,17-14+,18-13+,20-9+. The summed E-state index contributed by atoms with van der Waals surface area (Å²) in [6.07, 6.45) is 13.5. The molecular formula is C25H38O4. The zero-order valence-corrected chi connectivity index (χ0v) is 19.1. The van der Waals surface area contributed by atoms with Crippen molar-refractivity contribution in [2.24, 2.45) is 11.8 Å². The Labute approximate surface area is 176 Å². The van der Waals surface area contributed by atoms with Gasteiger partial charge in [0.1, 0.15) is 6.10 Å². The van der Waals surface area contributed by atoms with Crippen molar-refractivity contribution in [3.8, 4) is 0 Å². The molecule has 0 bridgehead atoms. The van der Waals surface area contributed by atoms with E-state index in [1.807, 2.05) is 13.8 Å². The number of methoxy groups -OCH3 is 2. The largest absolute Gasteiger partial charge is 0.494 e. The second-order valence-electron chi connectivity index (χ2n) is 7.78. The average molecular weight is 403 g/mol. The maximum atomic E-state index is 12.5. The Balaban J connectivity index is 2.70. The highest BCUT2D eigenvalue weighted by atomic mass is 16.5. The van der Waals surface area contributed by atoms with Crippen LogP contribution < -0.4 is 0 Å². The molecule has 0 aromatic heterocycles. The third-order valence-electron chi connectivity index (χ3n) is 5.61. The lowest BCUT2D eigenvalue weighted by atomic mass is 9.77. The fourth-order valence-electron chi connectivity index (χ4n) is 3.72. The van der Waals surface area contributed by atoms with Crippen molar-refractivity contribution in [1.82, 2.24) is 0 Å². The summed E-state index contributed by atoms with van der Waals surface area (Å²) in [5.74, 6) is -0.239. The molecule has 29 heavy (non-hydrogen) atoms. The van der Waals surface area contributed by atoms with E-state index in [2.05, 4.69) is 51.2 Å². The van der Waals surface area contributed by atoms with Gasteiger partial charge in [0.25, 0.3) is 0 Å². The zero-order valence-electron chi connectivity index (χ0n) is 19.1. The van der Waals surface area contributed by atoms with Gasteiger partial charge in [0.15, 0.2) is 5.76 Å². The molecule has 1 rings (SSSR count). The highest BCUT2D eigenvalue weighted by molar-refractivity contribution is 5.97. The minimum Gasteiger partial charge on any atom is -0.494 e. The van der Waals surface area contributed by atoms with Gasteiger partial charge in [0, 0.05) is 11.8 Å². The third kappa shape index (κ3) is 7.04. The molecule has 0 aromatic rings. The number of carbonyl (C=O) groups excluding carboxylic acids is 1. The summed E-state index contributed by atoms with van der Waals surface area (Å²) in [5.41, 5.74) is 3.96. The summed E-state index contributed by atoms with van der Waals surface area (Å²) >= 11 is 0. The molecule has 1 aliphatic carbocycles. The van der Waals surface area contributed by atoms with E-state index in [0.717, 1.165) is 19.3 Å². The number of Topliss-reactive ketones (excluding diaryl/α,β-unsaturated/α-hetero) is 1. The van der Waals surface area contributed by atoms with Crippen LogP contribution in [0.25, 0.3) is 0 Å². The van der Waals surface area contributed by atoms with Crippen LogP contribution in [0, 0.1) is 11.8 Å². The molecule has 0 radical (unpaired) electrons. The van der Waals surface area contributed by atoms with Crippen LogP contribution >= 0.6 is 0 Å². The molecule has 4 nitrogen and oxygen atoms in total. The van der Waals surface area contributed by atoms with Crippen LogP contribution in [0.2, 0.25) is 0 Å². The molecule has 0 heterocycles. The van der Waals surface area contributed by atoms with Gasteiger partial charge in [-0.3, -0.25) is 4.79 Å². The van der Waals surface area contributed by atoms with Gasteiger partial charge in [-0.15, -0.1) is 0 Å². The van der Waals surface area contributed by atoms with Crippen LogP contribution in [0.15, 0.2) is 58.6 Å². The first-order valence-electron chi connectivity index (χ1n) is 10.4. The Morgan fingerprint density at radius 1 is 1.10 bits per heavy atom. The number of hydrogen-bond acceptors (Lipinski definition) is 4. The number of ketones is 1. The monoisotopic (exact) mass is 402 g/mol. The molecular weight excluding hydrogens is 364 g/mol. The quantitative estimate of drug-likeness (QED) is 0.378. The van der Waals surface area contributed by atoms with E-state index in [4.69, 9.17) is 9.47 Å². The smallest absolute Gasteiger partial charge is 0.204 e. The average Bonchev–Trinajstić information content (AvgIpc) is 2.69. The Morgan fingerprint density at radius 3 is 2.34 bits per heavy atom. The topological polar surface area (TPSA) is 55.8 Å². The van der Waals surface area contributed by atoms with Crippen LogP contribution in [0.4, 0.5) is 0 Å². The SMILES string of the molecule is C/C=C\C(=C/C)C/C(C)=C/CC/C(C)=C/CC1C(C)C(=O)C(OC)=C(OC)C1O. The summed E-state index contributed by atoms with van der Waals surface area (Å²) in [7, 11) is 2.90. The van der Waals surface area contributed by atoms with Gasteiger partial charge in [-0.25, -0.2) is 0 Å². The molecule has 0 saturated carbocycles. The predicted molar refractivity (Wildman–Crippen MR) is 119 cm³/mol. The molecule has 0 fully saturated rings. The summed E-state index contributed by atoms with van der Waals surface area (Å²) < 4.78 is 10.4. The van der Waals surface area contributed by atoms with Gasteiger partial charge in [-0.2, -0.15) is 0 Å². The number of hydrogen-bond donors (Lipinski definition) is 1. The van der Waals surface area contributed by atoms with E-state index in [-0.39, 0.29) is 29.1 Å². The number of allylic oxidation sites excluding steroid dienone is 9. The molecule has 0 spiro atoms. The van der Waals surface area contributed by atoms with Crippen molar-refractivity contribution in [3.05, 3.63) is 58.6 Å². The normalized spacial score (nSPS) is 24.5. The van der Waals surface area contributed by atoms with E-state index in [9.17, 15) is 9.90 Å². The van der Waals surface area contributed by atoms with Crippen molar-refractivity contribution < 1.29 is 19.4 Å². The maximum Gasteiger partial charge on any atom is 0.204 e. The van der Waals surface area contributed by atoms with E-state index in [0.29, 0.717) is 6.42 Å². The molecule has 1 N–H and O–H groups in total. The van der Waals surface area contributed by atoms with Crippen molar-refractivity contribution in [3.63, 3.8) is 0 Å². The highest BCUT2D eigenvalue weighted by Crippen LogP contribution is 2.35. The van der Waals surface area contributed by atoms with Gasteiger partial charge < -0.3 is 14.6 Å². The Bertz CT molecular complexity index is 706. The van der Waals surface area contributed by atoms with E-state index in [1.165, 1.54) is 30.9 Å². The van der Waals surface area contributed by atoms with Crippen molar-refractivity contribution in [2.75, 3.05) is 14.2 Å². The number of carbonyl (C=O) groups is 1. The minimum atomic E-state index is -0.834. The second-order valence-corrected chi connectivity index (χ2v) is 7.78. The van der Waals surface area contributed by atoms with Crippen molar-refractivity contribution in [1.29, 1.82) is 0 Å². The molecule has 162 valence electrons. The number of aliphatic hydroxyl groups excluding tert-OH is 1. The Morgan fingerprint density at radius 2 is 1.79 bits per heavy atom. The summed E-state index contributed by atoms with van der Waals surface area (Å²) in [5, 5.41) is 10.7. The third-order valence-corrected chi connectivity index (χ3v) is 5.61. The number of aliphatic hydroxyl groups is 1. The van der Waals surface area contributed by atoms with Gasteiger partial charge in [0.05, 0.1) is 14.2 Å². The highest BCUT2D eigenvalue weighted by Gasteiger charge is 2.42. The van der Waals surface area contributed by atoms with Crippen LogP contribution in [0.1, 0.15) is 60.3 Å². The van der Waals surface area contributed by atoms with Crippen LogP contribution in [-0.2, 0) is 14.3 Å². The molecule has 0 saturated heterocycles. The lowest BCUT2D eigenvalue weighted by molar-refractivity contribution is -0.128. The maximum absolute atomic E-state index is 12.5. The van der Waals surface area contributed by atoms with Gasteiger partial charge in [-0.1, -0.05) is 48.5 Å². The molecule has 3 unspecified atom stereocenters. The van der Waals surface area contributed by atoms with E-state index >= 15 is 0 Å². The molecule has 1 aliphatic rings. The van der Waals surface area contributed by atoms with Crippen LogP contribution in [0.5, 0.6) is 0 Å². The van der Waals surface area contributed by atoms with Gasteiger partial charge in [0.2, 0.25) is 11.5 Å². The predicted octanol–water partition coefficient (Wildman–Crippen LogP) is 5.66. The molecule has 0 aromatic carbocycles. The fourth-order valence-corrected chi connectivity index (χ4v) is 3.72. The molecule has 0 aliphatic heterocycles. The molecule has 0 amide bonds. The van der Waals surface area contributed by atoms with Crippen LogP contribution in [-0.4, -0.2) is 31.2 Å². The van der Waals surface area contributed by atoms with E-state index < -0.39 is 6.10 Å². The first kappa shape index (κ1) is 25.0. The molecule has 4 heteroatoms. The Hall–Kier alpha value is -2.07. The zero-order chi connectivity index (χ0) is 22.0. The van der Waals surface area contributed by atoms with Crippen molar-refractivity contribution >= 4 is 5.78 Å². The first-order chi connectivity index (χ1) is 13.8. The summed E-state index contributed by atoms with van der Waals surface area (Å²) in [6.45, 7) is 10.2. The van der Waals surface area contributed by atoms with Gasteiger partial charge >= 0.3 is 0 Å².